The molecular formula is C20H27NO. The van der Waals surface area contributed by atoms with Gasteiger partial charge in [-0.2, -0.15) is 0 Å². The van der Waals surface area contributed by atoms with E-state index < -0.39 is 0 Å². The molecule has 0 aromatic heterocycles. The summed E-state index contributed by atoms with van der Waals surface area (Å²) in [6.45, 7) is 7.24. The maximum Gasteiger partial charge on any atom is 0.119 e. The quantitative estimate of drug-likeness (QED) is 0.770. The predicted molar refractivity (Wildman–Crippen MR) is 93.3 cm³/mol. The molecule has 1 N–H and O–H groups in total. The van der Waals surface area contributed by atoms with E-state index in [1.807, 2.05) is 26.0 Å². The molecule has 0 bridgehead atoms. The van der Waals surface area contributed by atoms with Gasteiger partial charge in [-0.25, -0.2) is 0 Å². The number of hydrogen-bond donors (Lipinski definition) is 1. The summed E-state index contributed by atoms with van der Waals surface area (Å²) in [5, 5.41) is 3.59. The van der Waals surface area contributed by atoms with Crippen molar-refractivity contribution in [2.45, 2.75) is 52.3 Å². The molecule has 2 aromatic rings. The van der Waals surface area contributed by atoms with Gasteiger partial charge in [0.2, 0.25) is 0 Å². The van der Waals surface area contributed by atoms with Crippen LogP contribution in [0.5, 0.6) is 5.75 Å². The maximum atomic E-state index is 5.66. The Morgan fingerprint density at radius 2 is 1.55 bits per heavy atom. The van der Waals surface area contributed by atoms with Crippen LogP contribution in [-0.4, -0.2) is 12.1 Å². The van der Waals surface area contributed by atoms with Gasteiger partial charge in [0.15, 0.2) is 0 Å². The van der Waals surface area contributed by atoms with Crippen molar-refractivity contribution < 1.29 is 4.74 Å². The van der Waals surface area contributed by atoms with Gasteiger partial charge in [-0.1, -0.05) is 42.5 Å². The van der Waals surface area contributed by atoms with Gasteiger partial charge < -0.3 is 10.1 Å². The van der Waals surface area contributed by atoms with E-state index in [0.29, 0.717) is 6.04 Å². The van der Waals surface area contributed by atoms with Crippen LogP contribution in [0.4, 0.5) is 0 Å². The van der Waals surface area contributed by atoms with Crippen LogP contribution in [0.1, 0.15) is 38.3 Å². The van der Waals surface area contributed by atoms with Crippen LogP contribution >= 0.6 is 0 Å². The lowest BCUT2D eigenvalue weighted by Crippen LogP contribution is -2.25. The number of aryl methyl sites for hydroxylation is 1. The zero-order chi connectivity index (χ0) is 15.8. The van der Waals surface area contributed by atoms with Crippen LogP contribution in [0, 0.1) is 0 Å². The standard InChI is InChI=1S/C20H27NO/c1-16(2)22-20-13-11-19(12-14-20)15-21-17(3)9-10-18-7-5-4-6-8-18/h4-8,11-14,16-17,21H,9-10,15H2,1-3H3/t17-/m0/s1. The van der Waals surface area contributed by atoms with Crippen LogP contribution in [0.25, 0.3) is 0 Å². The zero-order valence-electron chi connectivity index (χ0n) is 13.9. The lowest BCUT2D eigenvalue weighted by atomic mass is 10.1. The largest absolute Gasteiger partial charge is 0.491 e. The molecule has 2 aromatic carbocycles. The van der Waals surface area contributed by atoms with Gasteiger partial charge >= 0.3 is 0 Å². The number of hydrogen-bond acceptors (Lipinski definition) is 2. The summed E-state index contributed by atoms with van der Waals surface area (Å²) in [6.07, 6.45) is 2.50. The fourth-order valence-electron chi connectivity index (χ4n) is 2.38. The SMILES string of the molecule is CC(C)Oc1ccc(CN[C@@H](C)CCc2ccccc2)cc1. The van der Waals surface area contributed by atoms with Crippen molar-refractivity contribution in [3.8, 4) is 5.75 Å². The fourth-order valence-corrected chi connectivity index (χ4v) is 2.38. The summed E-state index contributed by atoms with van der Waals surface area (Å²) in [7, 11) is 0. The topological polar surface area (TPSA) is 21.3 Å². The van der Waals surface area contributed by atoms with Gasteiger partial charge in [-0.05, 0) is 56.9 Å². The lowest BCUT2D eigenvalue weighted by Gasteiger charge is -2.14. The summed E-state index contributed by atoms with van der Waals surface area (Å²) < 4.78 is 5.66. The molecule has 0 spiro atoms. The van der Waals surface area contributed by atoms with Crippen molar-refractivity contribution in [1.82, 2.24) is 5.32 Å². The van der Waals surface area contributed by atoms with Gasteiger partial charge in [0.25, 0.3) is 0 Å². The van der Waals surface area contributed by atoms with Gasteiger partial charge in [0, 0.05) is 12.6 Å². The van der Waals surface area contributed by atoms with Crippen LogP contribution in [0.15, 0.2) is 54.6 Å². The Morgan fingerprint density at radius 1 is 0.864 bits per heavy atom. The van der Waals surface area contributed by atoms with Gasteiger partial charge in [-0.15, -0.1) is 0 Å². The minimum absolute atomic E-state index is 0.224. The summed E-state index contributed by atoms with van der Waals surface area (Å²) in [6, 6.07) is 19.5. The summed E-state index contributed by atoms with van der Waals surface area (Å²) in [4.78, 5) is 0. The van der Waals surface area contributed by atoms with E-state index in [0.717, 1.165) is 25.1 Å². The summed E-state index contributed by atoms with van der Waals surface area (Å²) in [5.74, 6) is 0.941. The van der Waals surface area contributed by atoms with E-state index in [1.54, 1.807) is 0 Å². The first kappa shape index (κ1) is 16.6. The minimum atomic E-state index is 0.224. The molecule has 0 aliphatic carbocycles. The first-order chi connectivity index (χ1) is 10.6. The predicted octanol–water partition coefficient (Wildman–Crippen LogP) is 4.58. The van der Waals surface area contributed by atoms with E-state index in [1.165, 1.54) is 11.1 Å². The molecule has 0 aliphatic rings. The Labute approximate surface area is 134 Å². The summed E-state index contributed by atoms with van der Waals surface area (Å²) in [5.41, 5.74) is 2.70. The number of benzene rings is 2. The Hall–Kier alpha value is -1.80. The highest BCUT2D eigenvalue weighted by Gasteiger charge is 2.03. The van der Waals surface area contributed by atoms with E-state index in [2.05, 4.69) is 54.7 Å². The highest BCUT2D eigenvalue weighted by molar-refractivity contribution is 5.27. The molecule has 0 amide bonds. The molecule has 0 saturated carbocycles. The third-order valence-corrected chi connectivity index (χ3v) is 3.66. The third-order valence-electron chi connectivity index (χ3n) is 3.66. The summed E-state index contributed by atoms with van der Waals surface area (Å²) >= 11 is 0. The second-order valence-corrected chi connectivity index (χ2v) is 6.12. The lowest BCUT2D eigenvalue weighted by molar-refractivity contribution is 0.242. The van der Waals surface area contributed by atoms with Crippen LogP contribution in [0.2, 0.25) is 0 Å². The first-order valence-electron chi connectivity index (χ1n) is 8.16. The first-order valence-corrected chi connectivity index (χ1v) is 8.16. The van der Waals surface area contributed by atoms with E-state index in [9.17, 15) is 0 Å². The van der Waals surface area contributed by atoms with Crippen LogP contribution < -0.4 is 10.1 Å². The third kappa shape index (κ3) is 5.90. The highest BCUT2D eigenvalue weighted by atomic mass is 16.5. The molecule has 22 heavy (non-hydrogen) atoms. The molecule has 0 fully saturated rings. The van der Waals surface area contributed by atoms with Crippen LogP contribution in [-0.2, 0) is 13.0 Å². The molecule has 2 rings (SSSR count). The number of rotatable bonds is 8. The van der Waals surface area contributed by atoms with Gasteiger partial charge in [0.1, 0.15) is 5.75 Å². The Morgan fingerprint density at radius 3 is 2.18 bits per heavy atom. The number of nitrogens with one attached hydrogen (secondary N) is 1. The molecule has 0 aliphatic heterocycles. The molecule has 2 nitrogen and oxygen atoms in total. The molecule has 0 heterocycles. The maximum absolute atomic E-state index is 5.66. The Balaban J connectivity index is 1.72. The Bertz CT molecular complexity index is 533. The van der Waals surface area contributed by atoms with E-state index in [4.69, 9.17) is 4.74 Å². The molecule has 0 saturated heterocycles. The average Bonchev–Trinajstić information content (AvgIpc) is 2.53. The molecule has 1 atom stereocenters. The Kier molecular flexibility index (Phi) is 6.47. The van der Waals surface area contributed by atoms with E-state index in [-0.39, 0.29) is 6.10 Å². The van der Waals surface area contributed by atoms with E-state index >= 15 is 0 Å². The van der Waals surface area contributed by atoms with Crippen molar-refractivity contribution in [1.29, 1.82) is 0 Å². The van der Waals surface area contributed by atoms with Crippen molar-refractivity contribution in [2.75, 3.05) is 0 Å². The van der Waals surface area contributed by atoms with Crippen LogP contribution in [0.3, 0.4) is 0 Å². The fraction of sp³-hybridized carbons (Fsp3) is 0.400. The highest BCUT2D eigenvalue weighted by Crippen LogP contribution is 2.14. The molecule has 0 unspecified atom stereocenters. The second kappa shape index (κ2) is 8.60. The van der Waals surface area contributed by atoms with Crippen molar-refractivity contribution in [2.24, 2.45) is 0 Å². The average molecular weight is 297 g/mol. The second-order valence-electron chi connectivity index (χ2n) is 6.12. The zero-order valence-corrected chi connectivity index (χ0v) is 13.9. The van der Waals surface area contributed by atoms with Gasteiger partial charge in [-0.3, -0.25) is 0 Å². The smallest absolute Gasteiger partial charge is 0.119 e. The molecule has 0 radical (unpaired) electrons. The molecule has 118 valence electrons. The molecule has 2 heteroatoms. The van der Waals surface area contributed by atoms with Crippen molar-refractivity contribution in [3.05, 3.63) is 65.7 Å². The van der Waals surface area contributed by atoms with Crippen molar-refractivity contribution >= 4 is 0 Å². The van der Waals surface area contributed by atoms with Crippen molar-refractivity contribution in [3.63, 3.8) is 0 Å². The molecular weight excluding hydrogens is 270 g/mol. The van der Waals surface area contributed by atoms with Gasteiger partial charge in [0.05, 0.1) is 6.10 Å². The minimum Gasteiger partial charge on any atom is -0.491 e. The number of ether oxygens (including phenoxy) is 1. The monoisotopic (exact) mass is 297 g/mol. The normalized spacial score (nSPS) is 12.4.